The Kier molecular flexibility index (Phi) is 2.39. The molecule has 0 saturated heterocycles. The van der Waals surface area contributed by atoms with Gasteiger partial charge in [0.15, 0.2) is 0 Å². The van der Waals surface area contributed by atoms with Crippen molar-refractivity contribution in [2.75, 3.05) is 0 Å². The predicted octanol–water partition coefficient (Wildman–Crippen LogP) is -0.538. The number of nitrogens with one attached hydrogen (secondary N) is 1. The molecule has 46 valence electrons. The van der Waals surface area contributed by atoms with E-state index in [4.69, 9.17) is 5.21 Å². The Morgan fingerprint density at radius 1 is 1.88 bits per heavy atom. The molecule has 0 aliphatic carbocycles. The number of rotatable bonds is 0. The maximum absolute atomic E-state index is 9.89. The van der Waals surface area contributed by atoms with E-state index in [0.29, 0.717) is 0 Å². The molecule has 0 aliphatic heterocycles. The minimum Gasteiger partial charge on any atom is -0.409 e. The predicted molar refractivity (Wildman–Crippen MR) is 27.6 cm³/mol. The van der Waals surface area contributed by atoms with Gasteiger partial charge in [-0.1, -0.05) is 5.16 Å². The summed E-state index contributed by atoms with van der Waals surface area (Å²) in [7, 11) is 0. The monoisotopic (exact) mass is 117 g/mol. The van der Waals surface area contributed by atoms with E-state index in [2.05, 4.69) is 10.9 Å². The summed E-state index contributed by atoms with van der Waals surface area (Å²) in [6.07, 6.45) is 0. The highest BCUT2D eigenvalue weighted by Crippen LogP contribution is 1.64. The van der Waals surface area contributed by atoms with E-state index in [0.717, 1.165) is 0 Å². The summed E-state index contributed by atoms with van der Waals surface area (Å²) >= 11 is 0. The van der Waals surface area contributed by atoms with Crippen molar-refractivity contribution in [3.63, 3.8) is 0 Å². The first-order chi connectivity index (χ1) is 3.66. The molecule has 0 atom stereocenters. The fourth-order valence-corrected chi connectivity index (χ4v) is 0.203. The van der Waals surface area contributed by atoms with Crippen molar-refractivity contribution in [3.05, 3.63) is 0 Å². The molecule has 0 aromatic carbocycles. The lowest BCUT2D eigenvalue weighted by Crippen LogP contribution is -2.33. The van der Waals surface area contributed by atoms with Gasteiger partial charge in [-0.25, -0.2) is 4.79 Å². The maximum Gasteiger partial charge on any atom is 0.317 e. The highest BCUT2D eigenvalue weighted by molar-refractivity contribution is 5.94. The van der Waals surface area contributed by atoms with Crippen LogP contribution in [0.2, 0.25) is 0 Å². The van der Waals surface area contributed by atoms with E-state index in [1.165, 1.54) is 6.92 Å². The molecule has 2 amide bonds. The molecular weight excluding hydrogens is 110 g/mol. The molecule has 5 nitrogen and oxygen atoms in total. The quantitative estimate of drug-likeness (QED) is 0.172. The van der Waals surface area contributed by atoms with Crippen LogP contribution in [-0.2, 0) is 0 Å². The van der Waals surface area contributed by atoms with Crippen LogP contribution in [0, 0.1) is 0 Å². The third-order valence-electron chi connectivity index (χ3n) is 0.454. The summed E-state index contributed by atoms with van der Waals surface area (Å²) in [6.45, 7) is 1.41. The molecule has 0 bridgehead atoms. The second-order valence-corrected chi connectivity index (χ2v) is 1.17. The van der Waals surface area contributed by atoms with Gasteiger partial charge < -0.3 is 10.9 Å². The third-order valence-corrected chi connectivity index (χ3v) is 0.454. The maximum atomic E-state index is 9.89. The summed E-state index contributed by atoms with van der Waals surface area (Å²) < 4.78 is 0. The Morgan fingerprint density at radius 2 is 2.38 bits per heavy atom. The summed E-state index contributed by atoms with van der Waals surface area (Å²) in [4.78, 5) is 9.89. The molecule has 0 aliphatic rings. The number of carbonyl (C=O) groups excluding carboxylic acids is 1. The minimum absolute atomic E-state index is 0.0810. The van der Waals surface area contributed by atoms with Crippen LogP contribution in [0.3, 0.4) is 0 Å². The van der Waals surface area contributed by atoms with Crippen molar-refractivity contribution < 1.29 is 10.0 Å². The molecule has 5 heteroatoms. The van der Waals surface area contributed by atoms with Crippen LogP contribution >= 0.6 is 0 Å². The average Bonchev–Trinajstić information content (AvgIpc) is 1.65. The molecule has 0 rings (SSSR count). The lowest BCUT2D eigenvalue weighted by molar-refractivity contribution is 0.252. The van der Waals surface area contributed by atoms with Gasteiger partial charge in [0.05, 0.1) is 0 Å². The van der Waals surface area contributed by atoms with Gasteiger partial charge in [-0.05, 0) is 6.92 Å². The van der Waals surface area contributed by atoms with E-state index in [1.54, 1.807) is 0 Å². The highest BCUT2D eigenvalue weighted by atomic mass is 16.4. The Hall–Kier alpha value is -1.26. The molecule has 4 N–H and O–H groups in total. The van der Waals surface area contributed by atoms with Crippen LogP contribution in [0.4, 0.5) is 4.79 Å². The summed E-state index contributed by atoms with van der Waals surface area (Å²) in [5.41, 5.74) is 4.63. The fraction of sp³-hybridized carbons (Fsp3) is 0.333. The normalized spacial score (nSPS) is 10.9. The van der Waals surface area contributed by atoms with Crippen LogP contribution in [0.15, 0.2) is 5.16 Å². The van der Waals surface area contributed by atoms with Crippen molar-refractivity contribution in [2.24, 2.45) is 10.9 Å². The van der Waals surface area contributed by atoms with Gasteiger partial charge in [0.25, 0.3) is 0 Å². The topological polar surface area (TPSA) is 87.7 Å². The van der Waals surface area contributed by atoms with Gasteiger partial charge in [-0.3, -0.25) is 5.32 Å². The summed E-state index contributed by atoms with van der Waals surface area (Å²) in [5.74, 6) is 0.0810. The van der Waals surface area contributed by atoms with Crippen LogP contribution in [0.5, 0.6) is 0 Å². The Balaban J connectivity index is 3.56. The number of amides is 2. The van der Waals surface area contributed by atoms with Crippen LogP contribution in [0.1, 0.15) is 6.92 Å². The molecule has 0 heterocycles. The third kappa shape index (κ3) is 2.95. The molecule has 8 heavy (non-hydrogen) atoms. The zero-order valence-corrected chi connectivity index (χ0v) is 4.38. The van der Waals surface area contributed by atoms with Crippen molar-refractivity contribution >= 4 is 11.9 Å². The van der Waals surface area contributed by atoms with E-state index in [9.17, 15) is 4.79 Å². The minimum atomic E-state index is -0.736. The number of carbonyl (C=O) groups is 1. The molecule has 0 fully saturated rings. The lowest BCUT2D eigenvalue weighted by atomic mass is 10.7. The van der Waals surface area contributed by atoms with Crippen LogP contribution in [0.25, 0.3) is 0 Å². The molecule has 0 unspecified atom stereocenters. The Morgan fingerprint density at radius 3 is 2.50 bits per heavy atom. The second kappa shape index (κ2) is 2.84. The lowest BCUT2D eigenvalue weighted by Gasteiger charge is -1.93. The Labute approximate surface area is 46.2 Å². The Bertz CT molecular complexity index is 120. The summed E-state index contributed by atoms with van der Waals surface area (Å²) in [6, 6.07) is -0.736. The van der Waals surface area contributed by atoms with Crippen LogP contribution in [-0.4, -0.2) is 17.1 Å². The number of urea groups is 1. The van der Waals surface area contributed by atoms with Gasteiger partial charge in [0.1, 0.15) is 5.84 Å². The van der Waals surface area contributed by atoms with E-state index >= 15 is 0 Å². The van der Waals surface area contributed by atoms with Gasteiger partial charge in [-0.15, -0.1) is 0 Å². The first-order valence-corrected chi connectivity index (χ1v) is 1.92. The zero-order valence-electron chi connectivity index (χ0n) is 4.38. The van der Waals surface area contributed by atoms with Crippen LogP contribution < -0.4 is 11.1 Å². The zero-order chi connectivity index (χ0) is 6.57. The molecule has 0 aromatic rings. The van der Waals surface area contributed by atoms with Crippen molar-refractivity contribution in [1.29, 1.82) is 0 Å². The van der Waals surface area contributed by atoms with Gasteiger partial charge in [-0.2, -0.15) is 0 Å². The first-order valence-electron chi connectivity index (χ1n) is 1.92. The molecule has 0 spiro atoms. The van der Waals surface area contributed by atoms with E-state index < -0.39 is 6.03 Å². The molecule has 0 radical (unpaired) electrons. The fourth-order valence-electron chi connectivity index (χ4n) is 0.203. The standard InChI is InChI=1S/C3H7N3O2/c1-2(6-8)5-3(4)7/h8H,1H3,(H3,4,5,6,7). The largest absolute Gasteiger partial charge is 0.409 e. The second-order valence-electron chi connectivity index (χ2n) is 1.17. The van der Waals surface area contributed by atoms with Crippen molar-refractivity contribution in [1.82, 2.24) is 5.32 Å². The summed E-state index contributed by atoms with van der Waals surface area (Å²) in [5, 5.41) is 12.6. The molecule has 0 aromatic heterocycles. The molecule has 0 saturated carbocycles. The number of hydrogen-bond donors (Lipinski definition) is 3. The van der Waals surface area contributed by atoms with E-state index in [-0.39, 0.29) is 5.84 Å². The molecular formula is C3H7N3O2. The van der Waals surface area contributed by atoms with Crippen molar-refractivity contribution in [2.45, 2.75) is 6.92 Å². The van der Waals surface area contributed by atoms with Gasteiger partial charge in [0, 0.05) is 0 Å². The number of nitrogens with zero attached hydrogens (tertiary/aromatic N) is 1. The van der Waals surface area contributed by atoms with E-state index in [1.807, 2.05) is 5.32 Å². The number of nitrogens with two attached hydrogens (primary N) is 1. The van der Waals surface area contributed by atoms with Crippen molar-refractivity contribution in [3.8, 4) is 0 Å². The SMILES string of the molecule is CC(=NO)NC(N)=O. The van der Waals surface area contributed by atoms with Gasteiger partial charge in [0.2, 0.25) is 0 Å². The average molecular weight is 117 g/mol. The number of amidine groups is 1. The number of hydrogen-bond acceptors (Lipinski definition) is 3. The smallest absolute Gasteiger partial charge is 0.317 e. The number of primary amides is 1. The first kappa shape index (κ1) is 6.74. The highest BCUT2D eigenvalue weighted by Gasteiger charge is 1.91. The van der Waals surface area contributed by atoms with Gasteiger partial charge >= 0.3 is 6.03 Å². The number of oxime groups is 1.